The molecule has 2 aromatic carbocycles. The first kappa shape index (κ1) is 16.6. The summed E-state index contributed by atoms with van der Waals surface area (Å²) in [6.07, 6.45) is 0. The van der Waals surface area contributed by atoms with Gasteiger partial charge in [0, 0.05) is 10.0 Å². The highest BCUT2D eigenvalue weighted by molar-refractivity contribution is 9.10. The molecule has 3 rings (SSSR count). The van der Waals surface area contributed by atoms with Gasteiger partial charge < -0.3 is 9.47 Å². The third kappa shape index (κ3) is 3.05. The molecule has 0 aliphatic carbocycles. The summed E-state index contributed by atoms with van der Waals surface area (Å²) in [5, 5.41) is 0.754. The molecule has 0 bridgehead atoms. The first-order valence-corrected chi connectivity index (χ1v) is 8.51. The summed E-state index contributed by atoms with van der Waals surface area (Å²) in [4.78, 5) is 28.5. The predicted molar refractivity (Wildman–Crippen MR) is 95.4 cm³/mol. The normalized spacial score (nSPS) is 10.6. The van der Waals surface area contributed by atoms with E-state index < -0.39 is 11.9 Å². The molecule has 24 heavy (non-hydrogen) atoms. The van der Waals surface area contributed by atoms with E-state index in [0.29, 0.717) is 5.52 Å². The Hall–Kier alpha value is -2.25. The summed E-state index contributed by atoms with van der Waals surface area (Å²) in [5.41, 5.74) is 1.97. The number of hydrogen-bond donors (Lipinski definition) is 0. The molecule has 0 saturated carbocycles. The second kappa shape index (κ2) is 6.70. The quantitative estimate of drug-likeness (QED) is 0.607. The van der Waals surface area contributed by atoms with E-state index in [2.05, 4.69) is 20.9 Å². The number of ether oxygens (including phenoxy) is 2. The molecule has 0 aliphatic heterocycles. The van der Waals surface area contributed by atoms with Gasteiger partial charge in [0.2, 0.25) is 0 Å². The van der Waals surface area contributed by atoms with Crippen LogP contribution in [0.2, 0.25) is 0 Å². The molecule has 0 unspecified atom stereocenters. The van der Waals surface area contributed by atoms with Crippen molar-refractivity contribution in [2.24, 2.45) is 0 Å². The molecule has 0 saturated heterocycles. The lowest BCUT2D eigenvalue weighted by Gasteiger charge is -2.04. The molecule has 122 valence electrons. The summed E-state index contributed by atoms with van der Waals surface area (Å²) >= 11 is 4.79. The molecule has 0 N–H and O–H groups in total. The van der Waals surface area contributed by atoms with Gasteiger partial charge in [-0.15, -0.1) is 11.3 Å². The molecule has 7 heteroatoms. The minimum Gasteiger partial charge on any atom is -0.465 e. The highest BCUT2D eigenvalue weighted by Crippen LogP contribution is 2.33. The van der Waals surface area contributed by atoms with Gasteiger partial charge in [-0.05, 0) is 24.3 Å². The molecule has 1 aromatic heterocycles. The van der Waals surface area contributed by atoms with Crippen molar-refractivity contribution in [3.63, 3.8) is 0 Å². The van der Waals surface area contributed by atoms with Gasteiger partial charge in [-0.2, -0.15) is 0 Å². The number of carbonyl (C=O) groups excluding carboxylic acids is 2. The predicted octanol–water partition coefficient (Wildman–Crippen LogP) is 4.30. The number of benzene rings is 2. The van der Waals surface area contributed by atoms with E-state index in [1.807, 2.05) is 24.3 Å². The van der Waals surface area contributed by atoms with Crippen molar-refractivity contribution in [2.75, 3.05) is 14.2 Å². The van der Waals surface area contributed by atoms with E-state index >= 15 is 0 Å². The van der Waals surface area contributed by atoms with Gasteiger partial charge in [0.1, 0.15) is 5.01 Å². The molecule has 0 radical (unpaired) electrons. The van der Waals surface area contributed by atoms with Gasteiger partial charge in [-0.25, -0.2) is 14.6 Å². The van der Waals surface area contributed by atoms with E-state index in [9.17, 15) is 9.59 Å². The Morgan fingerprint density at radius 3 is 2.33 bits per heavy atom. The van der Waals surface area contributed by atoms with Gasteiger partial charge in [0.05, 0.1) is 35.6 Å². The van der Waals surface area contributed by atoms with E-state index in [-0.39, 0.29) is 11.1 Å². The lowest BCUT2D eigenvalue weighted by atomic mass is 10.1. The van der Waals surface area contributed by atoms with Gasteiger partial charge >= 0.3 is 11.9 Å². The zero-order valence-electron chi connectivity index (χ0n) is 12.8. The zero-order chi connectivity index (χ0) is 17.3. The summed E-state index contributed by atoms with van der Waals surface area (Å²) in [5.74, 6) is -1.06. The van der Waals surface area contributed by atoms with Crippen LogP contribution in [0.25, 0.3) is 20.8 Å². The van der Waals surface area contributed by atoms with Crippen molar-refractivity contribution in [1.82, 2.24) is 4.98 Å². The van der Waals surface area contributed by atoms with Crippen LogP contribution >= 0.6 is 27.3 Å². The van der Waals surface area contributed by atoms with Crippen LogP contribution in [0.5, 0.6) is 0 Å². The first-order valence-electron chi connectivity index (χ1n) is 6.90. The largest absolute Gasteiger partial charge is 0.465 e. The van der Waals surface area contributed by atoms with Crippen molar-refractivity contribution < 1.29 is 19.1 Å². The summed E-state index contributed by atoms with van der Waals surface area (Å²) in [6, 6.07) is 10.8. The number of fused-ring (bicyclic) bond motifs is 1. The van der Waals surface area contributed by atoms with Crippen LogP contribution in [0.15, 0.2) is 40.9 Å². The number of aromatic nitrogens is 1. The van der Waals surface area contributed by atoms with Crippen molar-refractivity contribution in [1.29, 1.82) is 0 Å². The lowest BCUT2D eigenvalue weighted by molar-refractivity contribution is 0.0600. The van der Waals surface area contributed by atoms with Gasteiger partial charge in [-0.1, -0.05) is 28.1 Å². The number of halogens is 1. The number of thiazole rings is 1. The van der Waals surface area contributed by atoms with E-state index in [4.69, 9.17) is 9.47 Å². The molecule has 5 nitrogen and oxygen atoms in total. The monoisotopic (exact) mass is 405 g/mol. The number of hydrogen-bond acceptors (Lipinski definition) is 6. The Morgan fingerprint density at radius 1 is 1.04 bits per heavy atom. The van der Waals surface area contributed by atoms with Crippen LogP contribution in [0.3, 0.4) is 0 Å². The van der Waals surface area contributed by atoms with Crippen LogP contribution in [0, 0.1) is 0 Å². The Bertz CT molecular complexity index is 934. The lowest BCUT2D eigenvalue weighted by Crippen LogP contribution is -2.07. The van der Waals surface area contributed by atoms with E-state index in [1.165, 1.54) is 31.6 Å². The maximum atomic E-state index is 12.1. The summed E-state index contributed by atoms with van der Waals surface area (Å²) in [6.45, 7) is 0. The second-order valence-corrected chi connectivity index (χ2v) is 6.83. The molecular formula is C17H12BrNO4S. The van der Waals surface area contributed by atoms with Crippen LogP contribution < -0.4 is 0 Å². The highest BCUT2D eigenvalue weighted by atomic mass is 79.9. The smallest absolute Gasteiger partial charge is 0.340 e. The molecule has 0 amide bonds. The average Bonchev–Trinajstić information content (AvgIpc) is 3.04. The second-order valence-electron chi connectivity index (χ2n) is 4.88. The number of carbonyl (C=O) groups is 2. The number of rotatable bonds is 3. The third-order valence-electron chi connectivity index (χ3n) is 3.41. The third-order valence-corrected chi connectivity index (χ3v) is 4.99. The SMILES string of the molecule is COC(=O)c1cc(C(=O)OC)c2nc(-c3ccc(Br)cc3)sc2c1. The number of esters is 2. The molecule has 3 aromatic rings. The molecule has 0 spiro atoms. The van der Waals surface area contributed by atoms with E-state index in [1.54, 1.807) is 6.07 Å². The first-order chi connectivity index (χ1) is 11.5. The van der Waals surface area contributed by atoms with Crippen LogP contribution in [0.4, 0.5) is 0 Å². The number of methoxy groups -OCH3 is 2. The molecule has 1 heterocycles. The van der Waals surface area contributed by atoms with Crippen molar-refractivity contribution in [2.45, 2.75) is 0 Å². The van der Waals surface area contributed by atoms with Gasteiger partial charge in [-0.3, -0.25) is 0 Å². The van der Waals surface area contributed by atoms with Crippen LogP contribution in [-0.4, -0.2) is 31.1 Å². The Labute approximate surface area is 150 Å². The highest BCUT2D eigenvalue weighted by Gasteiger charge is 2.19. The molecule has 0 fully saturated rings. The topological polar surface area (TPSA) is 65.5 Å². The van der Waals surface area contributed by atoms with Gasteiger partial charge in [0.25, 0.3) is 0 Å². The fourth-order valence-electron chi connectivity index (χ4n) is 2.25. The number of nitrogens with zero attached hydrogens (tertiary/aromatic N) is 1. The standard InChI is InChI=1S/C17H12BrNO4S/c1-22-16(20)10-7-12(17(21)23-2)14-13(8-10)24-15(19-14)9-3-5-11(18)6-4-9/h3-8H,1-2H3. The Balaban J connectivity index is 2.21. The zero-order valence-corrected chi connectivity index (χ0v) is 15.2. The molecule has 0 aliphatic rings. The fraction of sp³-hybridized carbons (Fsp3) is 0.118. The minimum absolute atomic E-state index is 0.245. The average molecular weight is 406 g/mol. The summed E-state index contributed by atoms with van der Waals surface area (Å²) in [7, 11) is 2.59. The summed E-state index contributed by atoms with van der Waals surface area (Å²) < 4.78 is 11.2. The van der Waals surface area contributed by atoms with Crippen LogP contribution in [-0.2, 0) is 9.47 Å². The van der Waals surface area contributed by atoms with E-state index in [0.717, 1.165) is 19.7 Å². The fourth-order valence-corrected chi connectivity index (χ4v) is 3.55. The van der Waals surface area contributed by atoms with Crippen molar-refractivity contribution >= 4 is 49.4 Å². The Kier molecular flexibility index (Phi) is 4.64. The van der Waals surface area contributed by atoms with Crippen LogP contribution in [0.1, 0.15) is 20.7 Å². The van der Waals surface area contributed by atoms with Gasteiger partial charge in [0.15, 0.2) is 0 Å². The maximum absolute atomic E-state index is 12.1. The van der Waals surface area contributed by atoms with Crippen molar-refractivity contribution in [3.05, 3.63) is 52.0 Å². The maximum Gasteiger partial charge on any atom is 0.340 e. The minimum atomic E-state index is -0.543. The van der Waals surface area contributed by atoms with Crippen molar-refractivity contribution in [3.8, 4) is 10.6 Å². The Morgan fingerprint density at radius 2 is 1.71 bits per heavy atom. The molecular weight excluding hydrogens is 394 g/mol. The molecule has 0 atom stereocenters.